The second kappa shape index (κ2) is 3.66. The summed E-state index contributed by atoms with van der Waals surface area (Å²) in [5, 5.41) is 2.47. The van der Waals surface area contributed by atoms with Gasteiger partial charge in [-0.3, -0.25) is 0 Å². The highest BCUT2D eigenvalue weighted by molar-refractivity contribution is 7.92. The molecule has 0 radical (unpaired) electrons. The molecule has 2 aliphatic rings. The number of fused-ring (bicyclic) bond motifs is 2. The van der Waals surface area contributed by atoms with Gasteiger partial charge < -0.3 is 10.2 Å². The summed E-state index contributed by atoms with van der Waals surface area (Å²) in [6.07, 6.45) is 1.52. The van der Waals surface area contributed by atoms with Crippen molar-refractivity contribution in [1.82, 2.24) is 10.2 Å². The number of sulfone groups is 1. The molecule has 0 spiro atoms. The molecule has 2 heterocycles. The molecule has 2 unspecified atom stereocenters. The highest BCUT2D eigenvalue weighted by Crippen LogP contribution is 2.32. The molecule has 5 nitrogen and oxygen atoms in total. The molecule has 0 aromatic rings. The Hall–Kier alpha value is -0.780. The Labute approximate surface area is 89.7 Å². The molecule has 6 heteroatoms. The molecule has 2 bridgehead atoms. The molecule has 2 rings (SSSR count). The molecule has 0 aromatic heterocycles. The van der Waals surface area contributed by atoms with Gasteiger partial charge in [0.1, 0.15) is 0 Å². The number of nitrogens with zero attached hydrogens (tertiary/aromatic N) is 1. The number of likely N-dealkylation sites (tertiary alicyclic amines) is 1. The second-order valence-corrected chi connectivity index (χ2v) is 6.55. The van der Waals surface area contributed by atoms with Crippen LogP contribution in [0.3, 0.4) is 0 Å². The lowest BCUT2D eigenvalue weighted by molar-refractivity contribution is 0.195. The zero-order valence-electron chi connectivity index (χ0n) is 8.77. The van der Waals surface area contributed by atoms with Crippen LogP contribution in [0.25, 0.3) is 0 Å². The maximum Gasteiger partial charge on any atom is 0.317 e. The number of urea groups is 1. The smallest absolute Gasteiger partial charge is 0.317 e. The fraction of sp³-hybridized carbons (Fsp3) is 0.889. The van der Waals surface area contributed by atoms with Crippen molar-refractivity contribution in [3.63, 3.8) is 0 Å². The van der Waals surface area contributed by atoms with Crippen LogP contribution in [0.15, 0.2) is 0 Å². The van der Waals surface area contributed by atoms with E-state index in [4.69, 9.17) is 0 Å². The molecule has 1 N–H and O–H groups in total. The number of hydrogen-bond acceptors (Lipinski definition) is 3. The molecule has 2 aliphatic heterocycles. The van der Waals surface area contributed by atoms with Gasteiger partial charge in [0, 0.05) is 19.1 Å². The van der Waals surface area contributed by atoms with Crippen molar-refractivity contribution in [2.75, 3.05) is 18.8 Å². The highest BCUT2D eigenvalue weighted by atomic mass is 32.2. The lowest BCUT2D eigenvalue weighted by atomic mass is 10.2. The SMILES string of the molecule is CCCNC(=O)N1CC2CC1CS2(=O)=O. The number of hydrogen-bond donors (Lipinski definition) is 1. The van der Waals surface area contributed by atoms with Crippen LogP contribution in [0.1, 0.15) is 19.8 Å². The van der Waals surface area contributed by atoms with Crippen molar-refractivity contribution in [2.45, 2.75) is 31.1 Å². The normalized spacial score (nSPS) is 31.9. The monoisotopic (exact) mass is 232 g/mol. The molecule has 15 heavy (non-hydrogen) atoms. The van der Waals surface area contributed by atoms with E-state index in [0.717, 1.165) is 6.42 Å². The van der Waals surface area contributed by atoms with Gasteiger partial charge in [0.25, 0.3) is 0 Å². The van der Waals surface area contributed by atoms with Crippen LogP contribution in [0.4, 0.5) is 4.79 Å². The Morgan fingerprint density at radius 2 is 2.27 bits per heavy atom. The summed E-state index contributed by atoms with van der Waals surface area (Å²) in [5.74, 6) is 0.150. The number of amides is 2. The first kappa shape index (κ1) is 10.7. The van der Waals surface area contributed by atoms with E-state index in [1.807, 2.05) is 6.92 Å². The molecule has 0 aliphatic carbocycles. The standard InChI is InChI=1S/C9H16N2O3S/c1-2-3-10-9(12)11-5-8-4-7(11)6-15(8,13)14/h7-8H,2-6H2,1H3,(H,10,12). The van der Waals surface area contributed by atoms with Gasteiger partial charge in [-0.1, -0.05) is 6.92 Å². The Bertz CT molecular complexity index is 366. The fourth-order valence-corrected chi connectivity index (χ4v) is 4.31. The minimum absolute atomic E-state index is 0.0862. The molecule has 2 fully saturated rings. The first-order valence-corrected chi connectivity index (χ1v) is 7.02. The molecule has 86 valence electrons. The van der Waals surface area contributed by atoms with Crippen LogP contribution in [-0.2, 0) is 9.84 Å². The zero-order chi connectivity index (χ0) is 11.1. The van der Waals surface area contributed by atoms with E-state index in [2.05, 4.69) is 5.32 Å². The second-order valence-electron chi connectivity index (χ2n) is 4.23. The molecule has 2 amide bonds. The molecular formula is C9H16N2O3S. The summed E-state index contributed by atoms with van der Waals surface area (Å²) < 4.78 is 22.9. The summed E-state index contributed by atoms with van der Waals surface area (Å²) in [6, 6.07) is -0.198. The van der Waals surface area contributed by atoms with Gasteiger partial charge in [-0.05, 0) is 12.8 Å². The summed E-state index contributed by atoms with van der Waals surface area (Å²) in [4.78, 5) is 13.3. The maximum atomic E-state index is 11.6. The highest BCUT2D eigenvalue weighted by Gasteiger charge is 2.49. The van der Waals surface area contributed by atoms with E-state index in [1.54, 1.807) is 4.90 Å². The maximum absolute atomic E-state index is 11.6. The van der Waals surface area contributed by atoms with Crippen molar-refractivity contribution >= 4 is 15.9 Å². The fourth-order valence-electron chi connectivity index (χ4n) is 2.28. The van der Waals surface area contributed by atoms with E-state index in [0.29, 0.717) is 19.5 Å². The third-order valence-electron chi connectivity index (χ3n) is 3.10. The van der Waals surface area contributed by atoms with Gasteiger partial charge in [-0.25, -0.2) is 13.2 Å². The van der Waals surface area contributed by atoms with E-state index in [-0.39, 0.29) is 23.1 Å². The van der Waals surface area contributed by atoms with Crippen LogP contribution in [0.2, 0.25) is 0 Å². The molecule has 0 saturated carbocycles. The lowest BCUT2D eigenvalue weighted by Gasteiger charge is -2.26. The first-order valence-electron chi connectivity index (χ1n) is 5.30. The molecule has 0 aromatic carbocycles. The van der Waals surface area contributed by atoms with E-state index < -0.39 is 9.84 Å². The minimum Gasteiger partial charge on any atom is -0.338 e. The molecule has 2 atom stereocenters. The van der Waals surface area contributed by atoms with Crippen LogP contribution >= 0.6 is 0 Å². The van der Waals surface area contributed by atoms with Crippen molar-refractivity contribution in [1.29, 1.82) is 0 Å². The van der Waals surface area contributed by atoms with Gasteiger partial charge in [-0.2, -0.15) is 0 Å². The minimum atomic E-state index is -2.90. The summed E-state index contributed by atoms with van der Waals surface area (Å²) >= 11 is 0. The van der Waals surface area contributed by atoms with Crippen molar-refractivity contribution < 1.29 is 13.2 Å². The summed E-state index contributed by atoms with van der Waals surface area (Å²) in [7, 11) is -2.90. The Morgan fingerprint density at radius 3 is 2.73 bits per heavy atom. The average Bonchev–Trinajstić information content (AvgIpc) is 2.68. The number of rotatable bonds is 2. The van der Waals surface area contributed by atoms with Gasteiger partial charge in [0.15, 0.2) is 9.84 Å². The quantitative estimate of drug-likeness (QED) is 0.727. The lowest BCUT2D eigenvalue weighted by Crippen LogP contribution is -2.48. The van der Waals surface area contributed by atoms with E-state index in [9.17, 15) is 13.2 Å². The van der Waals surface area contributed by atoms with Gasteiger partial charge in [-0.15, -0.1) is 0 Å². The summed E-state index contributed by atoms with van der Waals surface area (Å²) in [6.45, 7) is 3.02. The largest absolute Gasteiger partial charge is 0.338 e. The molecule has 2 saturated heterocycles. The van der Waals surface area contributed by atoms with Gasteiger partial charge in [0.05, 0.1) is 11.0 Å². The van der Waals surface area contributed by atoms with E-state index >= 15 is 0 Å². The predicted octanol–water partition coefficient (Wildman–Crippen LogP) is -0.0227. The third-order valence-corrected chi connectivity index (χ3v) is 5.30. The Kier molecular flexibility index (Phi) is 2.62. The van der Waals surface area contributed by atoms with Crippen LogP contribution in [0, 0.1) is 0 Å². The number of carbonyl (C=O) groups excluding carboxylic acids is 1. The number of nitrogens with one attached hydrogen (secondary N) is 1. The Morgan fingerprint density at radius 1 is 1.53 bits per heavy atom. The van der Waals surface area contributed by atoms with Gasteiger partial charge >= 0.3 is 6.03 Å². The zero-order valence-corrected chi connectivity index (χ0v) is 9.59. The topological polar surface area (TPSA) is 66.5 Å². The van der Waals surface area contributed by atoms with Crippen molar-refractivity contribution in [3.8, 4) is 0 Å². The summed E-state index contributed by atoms with van der Waals surface area (Å²) in [5.41, 5.74) is 0. The van der Waals surface area contributed by atoms with Gasteiger partial charge in [0.2, 0.25) is 0 Å². The third kappa shape index (κ3) is 1.82. The van der Waals surface area contributed by atoms with Crippen LogP contribution in [0.5, 0.6) is 0 Å². The van der Waals surface area contributed by atoms with Crippen LogP contribution < -0.4 is 5.32 Å². The number of carbonyl (C=O) groups is 1. The van der Waals surface area contributed by atoms with E-state index in [1.165, 1.54) is 0 Å². The van der Waals surface area contributed by atoms with Crippen molar-refractivity contribution in [3.05, 3.63) is 0 Å². The van der Waals surface area contributed by atoms with Crippen LogP contribution in [-0.4, -0.2) is 49.5 Å². The van der Waals surface area contributed by atoms with Crippen molar-refractivity contribution in [2.24, 2.45) is 0 Å². The molecular weight excluding hydrogens is 216 g/mol. The predicted molar refractivity (Wildman–Crippen MR) is 56.4 cm³/mol. The first-order chi connectivity index (χ1) is 7.04. The Balaban J connectivity index is 1.97. The average molecular weight is 232 g/mol.